The summed E-state index contributed by atoms with van der Waals surface area (Å²) in [5.74, 6) is 0.0464. The van der Waals surface area contributed by atoms with E-state index in [-0.39, 0.29) is 5.91 Å². The van der Waals surface area contributed by atoms with Gasteiger partial charge in [0.1, 0.15) is 6.54 Å². The lowest BCUT2D eigenvalue weighted by Crippen LogP contribution is -3.08. The Labute approximate surface area is 149 Å². The van der Waals surface area contributed by atoms with Crippen molar-refractivity contribution in [2.24, 2.45) is 0 Å². The second kappa shape index (κ2) is 8.86. The first-order chi connectivity index (χ1) is 11.5. The van der Waals surface area contributed by atoms with Gasteiger partial charge in [0.2, 0.25) is 0 Å². The third-order valence-corrected chi connectivity index (χ3v) is 4.36. The number of hydrogen-bond acceptors (Lipinski definition) is 1. The molecule has 24 heavy (non-hydrogen) atoms. The predicted molar refractivity (Wildman–Crippen MR) is 101 cm³/mol. The number of likely N-dealkylation sites (N-methyl/N-ethyl adjacent to an activating group) is 1. The first kappa shape index (κ1) is 18.5. The maximum atomic E-state index is 12.5. The molecule has 0 aliphatic rings. The molecule has 4 heteroatoms. The predicted octanol–water partition coefficient (Wildman–Crippen LogP) is 3.12. The Kier molecular flexibility index (Phi) is 6.83. The van der Waals surface area contributed by atoms with Crippen LogP contribution in [0.1, 0.15) is 30.5 Å². The molecule has 0 fully saturated rings. The van der Waals surface area contributed by atoms with Gasteiger partial charge in [0.05, 0.1) is 7.05 Å². The Morgan fingerprint density at radius 2 is 1.71 bits per heavy atom. The number of para-hydroxylation sites is 1. The fourth-order valence-corrected chi connectivity index (χ4v) is 3.13. The van der Waals surface area contributed by atoms with Crippen LogP contribution >= 0.6 is 11.6 Å². The van der Waals surface area contributed by atoms with Crippen LogP contribution in [-0.2, 0) is 24.2 Å². The molecular weight excluding hydrogens is 320 g/mol. The minimum absolute atomic E-state index is 0.0464. The fraction of sp³-hybridized carbons (Fsp3) is 0.350. The number of aryl methyl sites for hydroxylation is 2. The molecule has 3 nitrogen and oxygen atoms in total. The molecule has 1 unspecified atom stereocenters. The number of benzene rings is 2. The standard InChI is InChI=1S/C20H25ClN2O/c1-4-16-9-7-10-17(5-2)20(16)22-19(24)14-23(3)13-15-8-6-11-18(21)12-15/h6-12H,4-5,13-14H2,1-3H3,(H,22,24)/p+1. The Balaban J connectivity index is 2.00. The van der Waals surface area contributed by atoms with Gasteiger partial charge in [0, 0.05) is 16.3 Å². The van der Waals surface area contributed by atoms with Crippen LogP contribution in [0.5, 0.6) is 0 Å². The van der Waals surface area contributed by atoms with Gasteiger partial charge in [-0.1, -0.05) is 55.8 Å². The van der Waals surface area contributed by atoms with Gasteiger partial charge in [-0.3, -0.25) is 4.79 Å². The van der Waals surface area contributed by atoms with Crippen molar-refractivity contribution < 1.29 is 9.69 Å². The Morgan fingerprint density at radius 1 is 1.08 bits per heavy atom. The van der Waals surface area contributed by atoms with Crippen LogP contribution in [0.25, 0.3) is 0 Å². The van der Waals surface area contributed by atoms with Crippen molar-refractivity contribution in [3.8, 4) is 0 Å². The number of hydrogen-bond donors (Lipinski definition) is 2. The van der Waals surface area contributed by atoms with Gasteiger partial charge in [-0.25, -0.2) is 0 Å². The van der Waals surface area contributed by atoms with E-state index in [9.17, 15) is 4.79 Å². The average Bonchev–Trinajstić information content (AvgIpc) is 2.54. The normalized spacial score (nSPS) is 12.0. The van der Waals surface area contributed by atoms with Crippen molar-refractivity contribution in [2.45, 2.75) is 33.2 Å². The second-order valence-electron chi connectivity index (χ2n) is 6.15. The summed E-state index contributed by atoms with van der Waals surface area (Å²) in [6.07, 6.45) is 1.82. The van der Waals surface area contributed by atoms with E-state index in [4.69, 9.17) is 11.6 Å². The zero-order chi connectivity index (χ0) is 17.5. The molecule has 1 atom stereocenters. The van der Waals surface area contributed by atoms with Crippen LogP contribution in [0.15, 0.2) is 42.5 Å². The number of anilines is 1. The highest BCUT2D eigenvalue weighted by Gasteiger charge is 2.14. The van der Waals surface area contributed by atoms with Gasteiger partial charge in [-0.05, 0) is 36.1 Å². The average molecular weight is 346 g/mol. The molecule has 128 valence electrons. The maximum absolute atomic E-state index is 12.5. The molecule has 0 aliphatic carbocycles. The molecule has 0 aromatic heterocycles. The van der Waals surface area contributed by atoms with Crippen molar-refractivity contribution in [2.75, 3.05) is 18.9 Å². The number of amides is 1. The number of carbonyl (C=O) groups excluding carboxylic acids is 1. The minimum Gasteiger partial charge on any atom is -0.326 e. The van der Waals surface area contributed by atoms with E-state index < -0.39 is 0 Å². The van der Waals surface area contributed by atoms with Crippen LogP contribution in [0.2, 0.25) is 5.02 Å². The summed E-state index contributed by atoms with van der Waals surface area (Å²) in [6.45, 7) is 5.42. The fourth-order valence-electron chi connectivity index (χ4n) is 2.92. The highest BCUT2D eigenvalue weighted by Crippen LogP contribution is 2.22. The number of rotatable bonds is 7. The van der Waals surface area contributed by atoms with Crippen molar-refractivity contribution in [1.82, 2.24) is 0 Å². The summed E-state index contributed by atoms with van der Waals surface area (Å²) in [5.41, 5.74) is 4.50. The highest BCUT2D eigenvalue weighted by atomic mass is 35.5. The zero-order valence-electron chi connectivity index (χ0n) is 14.7. The van der Waals surface area contributed by atoms with Crippen LogP contribution in [-0.4, -0.2) is 19.5 Å². The largest absolute Gasteiger partial charge is 0.326 e. The number of quaternary nitrogens is 1. The number of halogens is 1. The van der Waals surface area contributed by atoms with Gasteiger partial charge >= 0.3 is 0 Å². The van der Waals surface area contributed by atoms with Gasteiger partial charge in [0.15, 0.2) is 6.54 Å². The van der Waals surface area contributed by atoms with Gasteiger partial charge < -0.3 is 10.2 Å². The summed E-state index contributed by atoms with van der Waals surface area (Å²) in [7, 11) is 2.02. The topological polar surface area (TPSA) is 33.5 Å². The highest BCUT2D eigenvalue weighted by molar-refractivity contribution is 6.30. The molecule has 1 amide bonds. The number of carbonyl (C=O) groups is 1. The third kappa shape index (κ3) is 5.08. The summed E-state index contributed by atoms with van der Waals surface area (Å²) in [6, 6.07) is 14.0. The minimum atomic E-state index is 0.0464. The van der Waals surface area contributed by atoms with Crippen molar-refractivity contribution >= 4 is 23.2 Å². The SMILES string of the molecule is CCc1cccc(CC)c1NC(=O)C[NH+](C)Cc1cccc(Cl)c1. The molecule has 0 spiro atoms. The first-order valence-corrected chi connectivity index (χ1v) is 8.87. The second-order valence-corrected chi connectivity index (χ2v) is 6.58. The van der Waals surface area contributed by atoms with Crippen molar-refractivity contribution in [3.05, 3.63) is 64.2 Å². The Bertz CT molecular complexity index is 678. The van der Waals surface area contributed by atoms with Crippen molar-refractivity contribution in [1.29, 1.82) is 0 Å². The molecule has 0 bridgehead atoms. The Hall–Kier alpha value is -1.84. The first-order valence-electron chi connectivity index (χ1n) is 8.49. The molecule has 2 N–H and O–H groups in total. The molecule has 2 rings (SSSR count). The Morgan fingerprint density at radius 3 is 2.29 bits per heavy atom. The van der Waals surface area contributed by atoms with Crippen LogP contribution < -0.4 is 10.2 Å². The van der Waals surface area contributed by atoms with Crippen LogP contribution in [0.3, 0.4) is 0 Å². The monoisotopic (exact) mass is 345 g/mol. The molecule has 0 heterocycles. The lowest BCUT2D eigenvalue weighted by molar-refractivity contribution is -0.885. The van der Waals surface area contributed by atoms with E-state index in [1.54, 1.807) is 0 Å². The quantitative estimate of drug-likeness (QED) is 0.794. The molecular formula is C20H26ClN2O+. The molecule has 2 aromatic rings. The third-order valence-electron chi connectivity index (χ3n) is 4.12. The van der Waals surface area contributed by atoms with E-state index in [1.807, 2.05) is 31.3 Å². The molecule has 0 saturated carbocycles. The van der Waals surface area contributed by atoms with Crippen molar-refractivity contribution in [3.63, 3.8) is 0 Å². The van der Waals surface area contributed by atoms with E-state index in [0.29, 0.717) is 6.54 Å². The van der Waals surface area contributed by atoms with E-state index in [1.165, 1.54) is 11.1 Å². The van der Waals surface area contributed by atoms with E-state index >= 15 is 0 Å². The zero-order valence-corrected chi connectivity index (χ0v) is 15.4. The van der Waals surface area contributed by atoms with Crippen LogP contribution in [0.4, 0.5) is 5.69 Å². The lowest BCUT2D eigenvalue weighted by Gasteiger charge is -2.17. The van der Waals surface area contributed by atoms with Crippen LogP contribution in [0, 0.1) is 0 Å². The smallest absolute Gasteiger partial charge is 0.279 e. The maximum Gasteiger partial charge on any atom is 0.279 e. The van der Waals surface area contributed by atoms with E-state index in [0.717, 1.165) is 40.6 Å². The summed E-state index contributed by atoms with van der Waals surface area (Å²) >= 11 is 6.02. The van der Waals surface area contributed by atoms with Gasteiger partial charge in [-0.2, -0.15) is 0 Å². The summed E-state index contributed by atoms with van der Waals surface area (Å²) in [4.78, 5) is 13.6. The summed E-state index contributed by atoms with van der Waals surface area (Å²) in [5, 5.41) is 3.85. The molecule has 0 saturated heterocycles. The van der Waals surface area contributed by atoms with Gasteiger partial charge in [0.25, 0.3) is 5.91 Å². The van der Waals surface area contributed by atoms with E-state index in [2.05, 4.69) is 37.4 Å². The summed E-state index contributed by atoms with van der Waals surface area (Å²) < 4.78 is 0. The lowest BCUT2D eigenvalue weighted by atomic mass is 10.0. The molecule has 0 radical (unpaired) electrons. The van der Waals surface area contributed by atoms with Gasteiger partial charge in [-0.15, -0.1) is 0 Å². The molecule has 2 aromatic carbocycles. The number of nitrogens with one attached hydrogen (secondary N) is 2. The molecule has 0 aliphatic heterocycles.